The van der Waals surface area contributed by atoms with Crippen LogP contribution in [0.4, 0.5) is 20.2 Å². The Hall–Kier alpha value is -2.83. The highest BCUT2D eigenvalue weighted by atomic mass is 19.3. The van der Waals surface area contributed by atoms with E-state index in [4.69, 9.17) is 4.74 Å². The van der Waals surface area contributed by atoms with E-state index < -0.39 is 6.61 Å². The van der Waals surface area contributed by atoms with Crippen molar-refractivity contribution in [3.63, 3.8) is 0 Å². The smallest absolute Gasteiger partial charge is 0.387 e. The Bertz CT molecular complexity index is 808. The number of ether oxygens (including phenoxy) is 2. The van der Waals surface area contributed by atoms with E-state index in [1.54, 1.807) is 6.92 Å². The average molecular weight is 390 g/mol. The molecular weight excluding hydrogens is 366 g/mol. The number of nitrogens with one attached hydrogen (secondary N) is 1. The summed E-state index contributed by atoms with van der Waals surface area (Å²) in [4.78, 5) is 15.0. The first kappa shape index (κ1) is 19.9. The highest BCUT2D eigenvalue weighted by molar-refractivity contribution is 6.06. The zero-order valence-electron chi connectivity index (χ0n) is 15.8. The molecule has 1 aliphatic heterocycles. The maximum absolute atomic E-state index is 12.8. The summed E-state index contributed by atoms with van der Waals surface area (Å²) in [6, 6.07) is 11.9. The van der Waals surface area contributed by atoms with E-state index in [-0.39, 0.29) is 24.0 Å². The third-order valence-corrected chi connectivity index (χ3v) is 4.57. The summed E-state index contributed by atoms with van der Waals surface area (Å²) in [7, 11) is 0. The molecule has 1 heterocycles. The number of carbonyl (C=O) groups is 1. The lowest BCUT2D eigenvalue weighted by atomic mass is 10.1. The Morgan fingerprint density at radius 1 is 1.11 bits per heavy atom. The molecule has 0 radical (unpaired) electrons. The van der Waals surface area contributed by atoms with E-state index in [9.17, 15) is 13.6 Å². The lowest BCUT2D eigenvalue weighted by Gasteiger charge is -2.30. The van der Waals surface area contributed by atoms with Crippen molar-refractivity contribution in [3.05, 3.63) is 48.0 Å². The Morgan fingerprint density at radius 3 is 2.57 bits per heavy atom. The van der Waals surface area contributed by atoms with Gasteiger partial charge < -0.3 is 19.7 Å². The van der Waals surface area contributed by atoms with Gasteiger partial charge in [-0.1, -0.05) is 12.1 Å². The van der Waals surface area contributed by atoms with Crippen LogP contribution in [0.5, 0.6) is 11.5 Å². The third kappa shape index (κ3) is 4.91. The zero-order chi connectivity index (χ0) is 19.9. The van der Waals surface area contributed by atoms with Gasteiger partial charge in [0.1, 0.15) is 0 Å². The highest BCUT2D eigenvalue weighted by Crippen LogP contribution is 2.32. The van der Waals surface area contributed by atoms with Crippen LogP contribution >= 0.6 is 0 Å². The van der Waals surface area contributed by atoms with Crippen LogP contribution < -0.4 is 19.7 Å². The fourth-order valence-corrected chi connectivity index (χ4v) is 3.30. The molecule has 1 fully saturated rings. The van der Waals surface area contributed by atoms with Crippen LogP contribution in [-0.4, -0.2) is 32.2 Å². The molecule has 0 spiro atoms. The van der Waals surface area contributed by atoms with Crippen LogP contribution in [0.15, 0.2) is 42.5 Å². The molecule has 2 aromatic carbocycles. The summed E-state index contributed by atoms with van der Waals surface area (Å²) in [6.07, 6.45) is 3.48. The number of rotatable bonds is 7. The third-order valence-electron chi connectivity index (χ3n) is 4.57. The molecule has 1 N–H and O–H groups in total. The van der Waals surface area contributed by atoms with Crippen molar-refractivity contribution in [1.82, 2.24) is 0 Å². The first-order valence-electron chi connectivity index (χ1n) is 9.45. The Morgan fingerprint density at radius 2 is 1.86 bits per heavy atom. The van der Waals surface area contributed by atoms with Gasteiger partial charge in [-0.05, 0) is 56.5 Å². The number of benzene rings is 2. The van der Waals surface area contributed by atoms with Crippen molar-refractivity contribution in [1.29, 1.82) is 0 Å². The summed E-state index contributed by atoms with van der Waals surface area (Å²) < 4.78 is 34.9. The second-order valence-electron chi connectivity index (χ2n) is 6.49. The van der Waals surface area contributed by atoms with Gasteiger partial charge >= 0.3 is 6.61 Å². The van der Waals surface area contributed by atoms with Crippen molar-refractivity contribution in [3.8, 4) is 11.5 Å². The maximum Gasteiger partial charge on any atom is 0.387 e. The van der Waals surface area contributed by atoms with Gasteiger partial charge in [0.25, 0.3) is 5.91 Å². The van der Waals surface area contributed by atoms with Crippen LogP contribution in [0.2, 0.25) is 0 Å². The second kappa shape index (κ2) is 9.39. The molecule has 3 rings (SSSR count). The largest absolute Gasteiger partial charge is 0.490 e. The van der Waals surface area contributed by atoms with Crippen molar-refractivity contribution < 1.29 is 23.0 Å². The predicted octanol–water partition coefficient (Wildman–Crippen LogP) is 4.93. The number of hydrogen-bond donors (Lipinski definition) is 1. The fourth-order valence-electron chi connectivity index (χ4n) is 3.30. The van der Waals surface area contributed by atoms with Crippen molar-refractivity contribution in [2.75, 3.05) is 29.9 Å². The van der Waals surface area contributed by atoms with E-state index in [1.807, 2.05) is 24.3 Å². The van der Waals surface area contributed by atoms with Crippen LogP contribution in [0, 0.1) is 0 Å². The van der Waals surface area contributed by atoms with Gasteiger partial charge in [-0.3, -0.25) is 4.79 Å². The molecule has 0 saturated carbocycles. The normalized spacial score (nSPS) is 14.1. The molecule has 0 bridgehead atoms. The molecule has 5 nitrogen and oxygen atoms in total. The SMILES string of the molecule is CCOc1cc(C(=O)Nc2ccccc2N2CCCCC2)ccc1OC(F)F. The molecule has 0 atom stereocenters. The average Bonchev–Trinajstić information content (AvgIpc) is 2.70. The van der Waals surface area contributed by atoms with E-state index in [0.29, 0.717) is 5.56 Å². The van der Waals surface area contributed by atoms with Gasteiger partial charge in [0.2, 0.25) is 0 Å². The van der Waals surface area contributed by atoms with E-state index in [0.717, 1.165) is 37.3 Å². The molecule has 150 valence electrons. The minimum Gasteiger partial charge on any atom is -0.490 e. The van der Waals surface area contributed by atoms with Gasteiger partial charge in [-0.15, -0.1) is 0 Å². The minimum atomic E-state index is -2.96. The summed E-state index contributed by atoms with van der Waals surface area (Å²) in [5, 5.41) is 2.93. The predicted molar refractivity (Wildman–Crippen MR) is 105 cm³/mol. The zero-order valence-corrected chi connectivity index (χ0v) is 15.8. The van der Waals surface area contributed by atoms with Gasteiger partial charge in [0.15, 0.2) is 11.5 Å². The Labute approximate surface area is 163 Å². The molecule has 28 heavy (non-hydrogen) atoms. The standard InChI is InChI=1S/C21H24F2N2O3/c1-2-27-19-14-15(10-11-18(19)28-21(22)23)20(26)24-16-8-4-5-9-17(16)25-12-6-3-7-13-25/h4-5,8-11,14,21H,2-3,6-7,12-13H2,1H3,(H,24,26). The molecule has 1 amide bonds. The molecule has 0 aliphatic carbocycles. The van der Waals surface area contributed by atoms with E-state index in [1.165, 1.54) is 24.6 Å². The number of piperidine rings is 1. The monoisotopic (exact) mass is 390 g/mol. The number of amides is 1. The maximum atomic E-state index is 12.8. The van der Waals surface area contributed by atoms with Crippen LogP contribution in [0.1, 0.15) is 36.5 Å². The number of nitrogens with zero attached hydrogens (tertiary/aromatic N) is 1. The number of alkyl halides is 2. The number of hydrogen-bond acceptors (Lipinski definition) is 4. The molecule has 0 unspecified atom stereocenters. The fraction of sp³-hybridized carbons (Fsp3) is 0.381. The van der Waals surface area contributed by atoms with Gasteiger partial charge in [0.05, 0.1) is 18.0 Å². The number of anilines is 2. The van der Waals surface area contributed by atoms with E-state index in [2.05, 4.69) is 15.0 Å². The van der Waals surface area contributed by atoms with Crippen LogP contribution in [0.25, 0.3) is 0 Å². The van der Waals surface area contributed by atoms with Crippen molar-refractivity contribution in [2.24, 2.45) is 0 Å². The highest BCUT2D eigenvalue weighted by Gasteiger charge is 2.18. The summed E-state index contributed by atoms with van der Waals surface area (Å²) in [6.45, 7) is 0.952. The number of carbonyl (C=O) groups excluding carboxylic acids is 1. The van der Waals surface area contributed by atoms with Gasteiger partial charge in [-0.2, -0.15) is 8.78 Å². The first-order valence-corrected chi connectivity index (χ1v) is 9.45. The molecule has 1 saturated heterocycles. The molecule has 7 heteroatoms. The molecular formula is C21H24F2N2O3. The Kier molecular flexibility index (Phi) is 6.68. The minimum absolute atomic E-state index is 0.0953. The lowest BCUT2D eigenvalue weighted by molar-refractivity contribution is -0.0514. The van der Waals surface area contributed by atoms with Crippen LogP contribution in [-0.2, 0) is 0 Å². The molecule has 0 aromatic heterocycles. The van der Waals surface area contributed by atoms with Crippen LogP contribution in [0.3, 0.4) is 0 Å². The summed E-state index contributed by atoms with van der Waals surface area (Å²) in [5.74, 6) is -0.323. The second-order valence-corrected chi connectivity index (χ2v) is 6.49. The van der Waals surface area contributed by atoms with Gasteiger partial charge in [-0.25, -0.2) is 0 Å². The number of halogens is 2. The molecule has 2 aromatic rings. The Balaban J connectivity index is 1.80. The van der Waals surface area contributed by atoms with E-state index >= 15 is 0 Å². The van der Waals surface area contributed by atoms with Gasteiger partial charge in [0, 0.05) is 18.7 Å². The quantitative estimate of drug-likeness (QED) is 0.728. The molecule has 1 aliphatic rings. The summed E-state index contributed by atoms with van der Waals surface area (Å²) in [5.41, 5.74) is 2.01. The van der Waals surface area contributed by atoms with Crippen molar-refractivity contribution in [2.45, 2.75) is 32.8 Å². The van der Waals surface area contributed by atoms with Crippen molar-refractivity contribution >= 4 is 17.3 Å². The lowest BCUT2D eigenvalue weighted by Crippen LogP contribution is -2.30. The first-order chi connectivity index (χ1) is 13.6. The number of para-hydroxylation sites is 2. The topological polar surface area (TPSA) is 50.8 Å². The summed E-state index contributed by atoms with van der Waals surface area (Å²) >= 11 is 0.